The summed E-state index contributed by atoms with van der Waals surface area (Å²) >= 11 is 0. The maximum atomic E-state index is 13.2. The Hall–Kier alpha value is -2.08. The van der Waals surface area contributed by atoms with Crippen molar-refractivity contribution in [2.75, 3.05) is 5.43 Å². The van der Waals surface area contributed by atoms with E-state index in [0.29, 0.717) is 23.1 Å². The molecule has 6 heteroatoms. The summed E-state index contributed by atoms with van der Waals surface area (Å²) in [4.78, 5) is 8.65. The summed E-state index contributed by atoms with van der Waals surface area (Å²) in [6.07, 6.45) is 1.02. The van der Waals surface area contributed by atoms with Crippen LogP contribution < -0.4 is 11.3 Å². The van der Waals surface area contributed by atoms with Crippen LogP contribution in [0.15, 0.2) is 24.3 Å². The van der Waals surface area contributed by atoms with Crippen LogP contribution in [0, 0.1) is 17.6 Å². The number of hydrazine groups is 1. The first kappa shape index (κ1) is 15.3. The topological polar surface area (TPSA) is 63.8 Å². The van der Waals surface area contributed by atoms with Gasteiger partial charge in [-0.1, -0.05) is 13.8 Å². The van der Waals surface area contributed by atoms with Crippen LogP contribution in [-0.4, -0.2) is 9.97 Å². The van der Waals surface area contributed by atoms with Crippen LogP contribution in [0.2, 0.25) is 0 Å². The maximum absolute atomic E-state index is 13.2. The monoisotopic (exact) mass is 292 g/mol. The zero-order chi connectivity index (χ0) is 15.4. The molecule has 4 nitrogen and oxygen atoms in total. The molecule has 0 aliphatic carbocycles. The van der Waals surface area contributed by atoms with Gasteiger partial charge >= 0.3 is 0 Å². The summed E-state index contributed by atoms with van der Waals surface area (Å²) in [5, 5.41) is 0. The molecule has 0 aliphatic heterocycles. The highest BCUT2D eigenvalue weighted by Crippen LogP contribution is 2.15. The maximum Gasteiger partial charge on any atom is 0.143 e. The zero-order valence-corrected chi connectivity index (χ0v) is 12.0. The SMILES string of the molecule is CC(C)Cc1cc(NN)nc(Cc2cc(F)cc(F)c2)n1. The highest BCUT2D eigenvalue weighted by atomic mass is 19.1. The molecular weight excluding hydrogens is 274 g/mol. The number of nitrogens with zero attached hydrogens (tertiary/aromatic N) is 2. The van der Waals surface area contributed by atoms with Crippen molar-refractivity contribution in [3.05, 3.63) is 53.0 Å². The van der Waals surface area contributed by atoms with Gasteiger partial charge in [-0.2, -0.15) is 0 Å². The fraction of sp³-hybridized carbons (Fsp3) is 0.333. The average Bonchev–Trinajstić information content (AvgIpc) is 2.36. The van der Waals surface area contributed by atoms with Crippen LogP contribution in [0.25, 0.3) is 0 Å². The number of nitrogens with one attached hydrogen (secondary N) is 1. The van der Waals surface area contributed by atoms with Gasteiger partial charge in [0.2, 0.25) is 0 Å². The molecule has 0 amide bonds. The Balaban J connectivity index is 2.29. The third-order valence-electron chi connectivity index (χ3n) is 2.88. The summed E-state index contributed by atoms with van der Waals surface area (Å²) < 4.78 is 26.4. The van der Waals surface area contributed by atoms with Crippen LogP contribution in [0.4, 0.5) is 14.6 Å². The Labute approximate surface area is 122 Å². The van der Waals surface area contributed by atoms with E-state index in [-0.39, 0.29) is 6.42 Å². The molecule has 0 aliphatic rings. The minimum absolute atomic E-state index is 0.245. The molecule has 0 saturated heterocycles. The average molecular weight is 292 g/mol. The zero-order valence-electron chi connectivity index (χ0n) is 12.0. The highest BCUT2D eigenvalue weighted by molar-refractivity contribution is 5.35. The van der Waals surface area contributed by atoms with E-state index in [2.05, 4.69) is 29.2 Å². The van der Waals surface area contributed by atoms with E-state index in [1.807, 2.05) is 0 Å². The van der Waals surface area contributed by atoms with Crippen molar-refractivity contribution in [2.45, 2.75) is 26.7 Å². The van der Waals surface area contributed by atoms with Crippen molar-refractivity contribution in [1.82, 2.24) is 9.97 Å². The van der Waals surface area contributed by atoms with Gasteiger partial charge in [0.15, 0.2) is 0 Å². The van der Waals surface area contributed by atoms with Gasteiger partial charge in [0.1, 0.15) is 23.3 Å². The van der Waals surface area contributed by atoms with Crippen molar-refractivity contribution >= 4 is 5.82 Å². The first-order valence-corrected chi connectivity index (χ1v) is 6.74. The number of nitrogen functional groups attached to an aromatic ring is 1. The van der Waals surface area contributed by atoms with E-state index in [1.165, 1.54) is 12.1 Å². The lowest BCUT2D eigenvalue weighted by molar-refractivity contribution is 0.580. The molecule has 0 atom stereocenters. The third kappa shape index (κ3) is 4.46. The Kier molecular flexibility index (Phi) is 4.80. The molecule has 0 saturated carbocycles. The Morgan fingerprint density at radius 1 is 1.10 bits per heavy atom. The molecule has 21 heavy (non-hydrogen) atoms. The van der Waals surface area contributed by atoms with E-state index in [4.69, 9.17) is 5.84 Å². The lowest BCUT2D eigenvalue weighted by Gasteiger charge is -2.09. The van der Waals surface area contributed by atoms with Gasteiger partial charge in [0, 0.05) is 24.2 Å². The van der Waals surface area contributed by atoms with Gasteiger partial charge in [-0.25, -0.2) is 24.6 Å². The molecule has 2 aromatic rings. The summed E-state index contributed by atoms with van der Waals surface area (Å²) in [5.74, 6) is 5.58. The van der Waals surface area contributed by atoms with Gasteiger partial charge in [0.25, 0.3) is 0 Å². The van der Waals surface area contributed by atoms with Gasteiger partial charge in [-0.05, 0) is 30.0 Å². The van der Waals surface area contributed by atoms with Gasteiger partial charge < -0.3 is 5.43 Å². The smallest absolute Gasteiger partial charge is 0.143 e. The summed E-state index contributed by atoms with van der Waals surface area (Å²) in [7, 11) is 0. The van der Waals surface area contributed by atoms with Gasteiger partial charge in [-0.3, -0.25) is 0 Å². The molecule has 3 N–H and O–H groups in total. The Morgan fingerprint density at radius 3 is 2.33 bits per heavy atom. The minimum Gasteiger partial charge on any atom is -0.308 e. The van der Waals surface area contributed by atoms with Crippen LogP contribution in [0.1, 0.15) is 30.9 Å². The van der Waals surface area contributed by atoms with E-state index in [1.54, 1.807) is 6.07 Å². The van der Waals surface area contributed by atoms with Crippen molar-refractivity contribution in [3.8, 4) is 0 Å². The van der Waals surface area contributed by atoms with Gasteiger partial charge in [0.05, 0.1) is 0 Å². The summed E-state index contributed by atoms with van der Waals surface area (Å²) in [6.45, 7) is 4.17. The number of hydrogen-bond acceptors (Lipinski definition) is 4. The number of rotatable bonds is 5. The molecule has 0 unspecified atom stereocenters. The predicted octanol–water partition coefficient (Wildman–Crippen LogP) is 2.83. The first-order valence-electron chi connectivity index (χ1n) is 6.74. The van der Waals surface area contributed by atoms with E-state index >= 15 is 0 Å². The van der Waals surface area contributed by atoms with Crippen molar-refractivity contribution < 1.29 is 8.78 Å². The lowest BCUT2D eigenvalue weighted by Crippen LogP contribution is -2.12. The molecule has 0 spiro atoms. The van der Waals surface area contributed by atoms with Crippen LogP contribution >= 0.6 is 0 Å². The standard InChI is InChI=1S/C15H18F2N4/c1-9(2)3-13-8-15(21-18)20-14(19-13)6-10-4-11(16)7-12(17)5-10/h4-5,7-9H,3,6,18H2,1-2H3,(H,19,20,21). The number of benzene rings is 1. The highest BCUT2D eigenvalue weighted by Gasteiger charge is 2.08. The molecule has 1 heterocycles. The largest absolute Gasteiger partial charge is 0.308 e. The molecule has 1 aromatic carbocycles. The fourth-order valence-corrected chi connectivity index (χ4v) is 2.12. The molecular formula is C15H18F2N4. The van der Waals surface area contributed by atoms with E-state index < -0.39 is 11.6 Å². The first-order chi connectivity index (χ1) is 9.96. The minimum atomic E-state index is -0.611. The second-order valence-electron chi connectivity index (χ2n) is 5.36. The van der Waals surface area contributed by atoms with Crippen molar-refractivity contribution in [3.63, 3.8) is 0 Å². The predicted molar refractivity (Wildman–Crippen MR) is 77.5 cm³/mol. The summed E-state index contributed by atoms with van der Waals surface area (Å²) in [6, 6.07) is 5.16. The molecule has 0 bridgehead atoms. The fourth-order valence-electron chi connectivity index (χ4n) is 2.12. The second kappa shape index (κ2) is 6.58. The molecule has 112 valence electrons. The Morgan fingerprint density at radius 2 is 1.76 bits per heavy atom. The van der Waals surface area contributed by atoms with Crippen LogP contribution in [-0.2, 0) is 12.8 Å². The number of anilines is 1. The van der Waals surface area contributed by atoms with E-state index in [9.17, 15) is 8.78 Å². The van der Waals surface area contributed by atoms with Crippen LogP contribution in [0.3, 0.4) is 0 Å². The molecule has 2 rings (SSSR count). The molecule has 1 aromatic heterocycles. The van der Waals surface area contributed by atoms with Gasteiger partial charge in [-0.15, -0.1) is 0 Å². The van der Waals surface area contributed by atoms with Crippen molar-refractivity contribution in [2.24, 2.45) is 11.8 Å². The normalized spacial score (nSPS) is 11.0. The quantitative estimate of drug-likeness (QED) is 0.657. The molecule has 0 fully saturated rings. The molecule has 0 radical (unpaired) electrons. The third-order valence-corrected chi connectivity index (χ3v) is 2.88. The summed E-state index contributed by atoms with van der Waals surface area (Å²) in [5.41, 5.74) is 3.82. The number of aromatic nitrogens is 2. The Bertz CT molecular complexity index is 609. The van der Waals surface area contributed by atoms with Crippen molar-refractivity contribution in [1.29, 1.82) is 0 Å². The number of halogens is 2. The lowest BCUT2D eigenvalue weighted by atomic mass is 10.1. The second-order valence-corrected chi connectivity index (χ2v) is 5.36. The van der Waals surface area contributed by atoms with Crippen LogP contribution in [0.5, 0.6) is 0 Å². The number of nitrogens with two attached hydrogens (primary N) is 1. The van der Waals surface area contributed by atoms with E-state index in [0.717, 1.165) is 18.2 Å². The number of hydrogen-bond donors (Lipinski definition) is 2.